The maximum atomic E-state index is 11.9. The van der Waals surface area contributed by atoms with E-state index in [9.17, 15) is 4.79 Å². The first-order chi connectivity index (χ1) is 15.1. The van der Waals surface area contributed by atoms with Gasteiger partial charge < -0.3 is 9.30 Å². The molecule has 0 radical (unpaired) electrons. The Morgan fingerprint density at radius 2 is 1.81 bits per heavy atom. The minimum atomic E-state index is -0.138. The molecule has 1 aliphatic carbocycles. The van der Waals surface area contributed by atoms with E-state index in [0.29, 0.717) is 6.54 Å². The van der Waals surface area contributed by atoms with Crippen molar-refractivity contribution >= 4 is 5.97 Å². The van der Waals surface area contributed by atoms with E-state index in [4.69, 9.17) is 9.72 Å². The summed E-state index contributed by atoms with van der Waals surface area (Å²) in [5.41, 5.74) is 6.88. The van der Waals surface area contributed by atoms with Gasteiger partial charge in [-0.2, -0.15) is 0 Å². The molecule has 1 aliphatic heterocycles. The van der Waals surface area contributed by atoms with Gasteiger partial charge >= 0.3 is 5.97 Å². The fraction of sp³-hybridized carbons (Fsp3) is 0.333. The van der Waals surface area contributed by atoms with E-state index in [2.05, 4.69) is 53.7 Å². The fourth-order valence-electron chi connectivity index (χ4n) is 4.42. The number of fused-ring (bicyclic) bond motifs is 1. The Labute approximate surface area is 183 Å². The van der Waals surface area contributed by atoms with Gasteiger partial charge in [0.15, 0.2) is 0 Å². The van der Waals surface area contributed by atoms with Crippen LogP contribution in [0.15, 0.2) is 48.7 Å². The molecule has 0 amide bonds. The van der Waals surface area contributed by atoms with Crippen LogP contribution in [0.2, 0.25) is 0 Å². The number of benzene rings is 2. The molecule has 2 aliphatic rings. The number of methoxy groups -OCH3 is 1. The summed E-state index contributed by atoms with van der Waals surface area (Å²) in [5.74, 6) is 8.15. The summed E-state index contributed by atoms with van der Waals surface area (Å²) >= 11 is 0. The van der Waals surface area contributed by atoms with Gasteiger partial charge in [-0.15, -0.1) is 0 Å². The quantitative estimate of drug-likeness (QED) is 0.457. The smallest absolute Gasteiger partial charge is 0.310 e. The Kier molecular flexibility index (Phi) is 5.11. The first-order valence-electron chi connectivity index (χ1n) is 11.0. The molecule has 1 atom stereocenters. The van der Waals surface area contributed by atoms with Crippen LogP contribution in [0.3, 0.4) is 0 Å². The number of aryl methyl sites for hydroxylation is 2. The van der Waals surface area contributed by atoms with Crippen LogP contribution in [-0.4, -0.2) is 22.6 Å². The molecule has 1 saturated carbocycles. The zero-order valence-corrected chi connectivity index (χ0v) is 18.0. The summed E-state index contributed by atoms with van der Waals surface area (Å²) in [6.45, 7) is 2.82. The van der Waals surface area contributed by atoms with Gasteiger partial charge in [0.1, 0.15) is 5.82 Å². The second kappa shape index (κ2) is 8.07. The number of carbonyl (C=O) groups excluding carboxylic acids is 1. The number of hydrogen-bond acceptors (Lipinski definition) is 3. The lowest BCUT2D eigenvalue weighted by Crippen LogP contribution is -2.27. The summed E-state index contributed by atoms with van der Waals surface area (Å²) in [6.07, 6.45) is 6.27. The molecule has 1 unspecified atom stereocenters. The second-order valence-electron chi connectivity index (χ2n) is 8.63. The molecule has 0 saturated heterocycles. The lowest BCUT2D eigenvalue weighted by Gasteiger charge is -2.21. The second-order valence-corrected chi connectivity index (χ2v) is 8.63. The van der Waals surface area contributed by atoms with Crippen LogP contribution in [0.4, 0.5) is 0 Å². The lowest BCUT2D eigenvalue weighted by molar-refractivity contribution is -0.146. The Morgan fingerprint density at radius 1 is 1.06 bits per heavy atom. The minimum absolute atomic E-state index is 0.0841. The first-order valence-corrected chi connectivity index (χ1v) is 11.0. The van der Waals surface area contributed by atoms with E-state index >= 15 is 0 Å². The van der Waals surface area contributed by atoms with Crippen molar-refractivity contribution in [2.24, 2.45) is 5.92 Å². The van der Waals surface area contributed by atoms with Gasteiger partial charge in [-0.25, -0.2) is 4.98 Å². The van der Waals surface area contributed by atoms with E-state index in [0.717, 1.165) is 47.0 Å². The van der Waals surface area contributed by atoms with E-state index in [1.165, 1.54) is 31.1 Å². The predicted octanol–water partition coefficient (Wildman–Crippen LogP) is 4.87. The topological polar surface area (TPSA) is 44.1 Å². The lowest BCUT2D eigenvalue weighted by atomic mass is 10.00. The number of hydrogen-bond donors (Lipinski definition) is 0. The van der Waals surface area contributed by atoms with Crippen LogP contribution in [0.5, 0.6) is 0 Å². The number of carbonyl (C=O) groups is 1. The molecule has 31 heavy (non-hydrogen) atoms. The number of nitrogens with zero attached hydrogens (tertiary/aromatic N) is 2. The highest BCUT2D eigenvalue weighted by atomic mass is 16.5. The summed E-state index contributed by atoms with van der Waals surface area (Å²) < 4.78 is 6.99. The van der Waals surface area contributed by atoms with Crippen molar-refractivity contribution < 1.29 is 9.53 Å². The van der Waals surface area contributed by atoms with Crippen LogP contribution in [0.25, 0.3) is 11.3 Å². The Morgan fingerprint density at radius 3 is 2.52 bits per heavy atom. The number of rotatable bonds is 3. The highest BCUT2D eigenvalue weighted by molar-refractivity contribution is 5.72. The molecule has 2 heterocycles. The average molecular weight is 411 g/mol. The maximum absolute atomic E-state index is 11.9. The summed E-state index contributed by atoms with van der Waals surface area (Å²) in [5, 5.41) is 0. The van der Waals surface area contributed by atoms with Crippen molar-refractivity contribution in [3.63, 3.8) is 0 Å². The van der Waals surface area contributed by atoms with Crippen molar-refractivity contribution in [2.75, 3.05) is 7.11 Å². The van der Waals surface area contributed by atoms with Crippen molar-refractivity contribution in [2.45, 2.75) is 45.1 Å². The zero-order chi connectivity index (χ0) is 21.4. The molecule has 156 valence electrons. The van der Waals surface area contributed by atoms with Crippen molar-refractivity contribution in [1.29, 1.82) is 0 Å². The van der Waals surface area contributed by atoms with Gasteiger partial charge in [-0.05, 0) is 67.5 Å². The maximum Gasteiger partial charge on any atom is 0.310 e. The predicted molar refractivity (Wildman–Crippen MR) is 121 cm³/mol. The highest BCUT2D eigenvalue weighted by Gasteiger charge is 2.27. The fourth-order valence-corrected chi connectivity index (χ4v) is 4.42. The molecule has 0 bridgehead atoms. The van der Waals surface area contributed by atoms with Gasteiger partial charge in [0, 0.05) is 35.9 Å². The summed E-state index contributed by atoms with van der Waals surface area (Å²) in [7, 11) is 1.45. The Bertz CT molecular complexity index is 1190. The normalized spacial score (nSPS) is 17.4. The molecular weight excluding hydrogens is 384 g/mol. The van der Waals surface area contributed by atoms with Gasteiger partial charge in [0.05, 0.1) is 18.7 Å². The molecular formula is C27H26N2O2. The zero-order valence-electron chi connectivity index (χ0n) is 18.0. The Hall–Kier alpha value is -3.32. The van der Waals surface area contributed by atoms with Crippen molar-refractivity contribution in [1.82, 2.24) is 9.55 Å². The van der Waals surface area contributed by atoms with Crippen LogP contribution in [-0.2, 0) is 22.5 Å². The van der Waals surface area contributed by atoms with Crippen LogP contribution in [0.1, 0.15) is 53.3 Å². The van der Waals surface area contributed by atoms with E-state index in [1.807, 2.05) is 18.3 Å². The third kappa shape index (κ3) is 4.14. The molecule has 5 rings (SSSR count). The van der Waals surface area contributed by atoms with Gasteiger partial charge in [-0.1, -0.05) is 30.0 Å². The van der Waals surface area contributed by atoms with E-state index in [1.54, 1.807) is 0 Å². The van der Waals surface area contributed by atoms with E-state index in [-0.39, 0.29) is 11.9 Å². The number of ether oxygens (including phenoxy) is 1. The monoisotopic (exact) mass is 410 g/mol. The largest absolute Gasteiger partial charge is 0.469 e. The van der Waals surface area contributed by atoms with E-state index < -0.39 is 0 Å². The average Bonchev–Trinajstić information content (AvgIpc) is 3.55. The SMILES string of the molecule is COC(=O)C1CCc2nc(-c3ccc(C#Cc4ccc(C5CC5)c(C)c4)cc3)cn2C1. The molecule has 0 N–H and O–H groups in total. The number of esters is 1. The molecule has 1 aromatic heterocycles. The molecule has 4 nitrogen and oxygen atoms in total. The van der Waals surface area contributed by atoms with Crippen molar-refractivity contribution in [3.8, 4) is 23.1 Å². The highest BCUT2D eigenvalue weighted by Crippen LogP contribution is 2.41. The van der Waals surface area contributed by atoms with Crippen molar-refractivity contribution in [3.05, 3.63) is 76.7 Å². The minimum Gasteiger partial charge on any atom is -0.469 e. The summed E-state index contributed by atoms with van der Waals surface area (Å²) in [4.78, 5) is 16.6. The molecule has 3 aromatic rings. The molecule has 0 spiro atoms. The third-order valence-electron chi connectivity index (χ3n) is 6.35. The molecule has 2 aromatic carbocycles. The molecule has 1 fully saturated rings. The van der Waals surface area contributed by atoms with Crippen LogP contribution < -0.4 is 0 Å². The summed E-state index contributed by atoms with van der Waals surface area (Å²) in [6, 6.07) is 14.8. The van der Waals surface area contributed by atoms with Crippen LogP contribution >= 0.6 is 0 Å². The number of imidazole rings is 1. The first kappa shape index (κ1) is 19.6. The number of aromatic nitrogens is 2. The van der Waals surface area contributed by atoms with Gasteiger partial charge in [0.25, 0.3) is 0 Å². The van der Waals surface area contributed by atoms with Gasteiger partial charge in [-0.3, -0.25) is 4.79 Å². The Balaban J connectivity index is 1.30. The van der Waals surface area contributed by atoms with Crippen LogP contribution in [0, 0.1) is 24.7 Å². The third-order valence-corrected chi connectivity index (χ3v) is 6.35. The van der Waals surface area contributed by atoms with Gasteiger partial charge in [0.2, 0.25) is 0 Å². The molecule has 4 heteroatoms. The standard InChI is InChI=1S/C27H26N2O2/c1-18-15-20(7-13-24(18)21-10-11-21)4-3-19-5-8-22(9-6-19)25-17-29-16-23(27(30)31-2)12-14-26(29)28-25/h5-9,13,15,17,21,23H,10-12,14,16H2,1-2H3.